The Morgan fingerprint density at radius 1 is 1.14 bits per heavy atom. The zero-order chi connectivity index (χ0) is 15.5. The van der Waals surface area contributed by atoms with Gasteiger partial charge < -0.3 is 5.32 Å². The molecule has 2 heterocycles. The lowest BCUT2D eigenvalue weighted by atomic mass is 9.85. The van der Waals surface area contributed by atoms with E-state index in [-0.39, 0.29) is 5.91 Å². The van der Waals surface area contributed by atoms with Crippen molar-refractivity contribution in [3.8, 4) is 11.1 Å². The molecular formula is C16H18N4O. The van der Waals surface area contributed by atoms with E-state index in [2.05, 4.69) is 26.8 Å². The first-order chi connectivity index (χ1) is 9.91. The Labute approximate surface area is 124 Å². The van der Waals surface area contributed by atoms with Gasteiger partial charge in [0.25, 0.3) is 0 Å². The molecule has 0 spiro atoms. The molecule has 0 aliphatic carbocycles. The summed E-state index contributed by atoms with van der Waals surface area (Å²) in [6.07, 6.45) is 6.59. The Kier molecular flexibility index (Phi) is 4.12. The molecule has 0 aliphatic heterocycles. The summed E-state index contributed by atoms with van der Waals surface area (Å²) >= 11 is 0. The number of nitrogens with zero attached hydrogens (tertiary/aromatic N) is 3. The molecular weight excluding hydrogens is 264 g/mol. The van der Waals surface area contributed by atoms with Gasteiger partial charge in [0, 0.05) is 29.7 Å². The molecule has 1 amide bonds. The molecule has 5 heteroatoms. The summed E-state index contributed by atoms with van der Waals surface area (Å²) < 4.78 is 0. The molecule has 108 valence electrons. The number of carbonyl (C=O) groups excluding carboxylic acids is 1. The van der Waals surface area contributed by atoms with Crippen molar-refractivity contribution < 1.29 is 4.79 Å². The largest absolute Gasteiger partial charge is 0.310 e. The predicted octanol–water partition coefficient (Wildman–Crippen LogP) is 3.08. The van der Waals surface area contributed by atoms with Gasteiger partial charge >= 0.3 is 0 Å². The van der Waals surface area contributed by atoms with Crippen LogP contribution in [0.4, 0.5) is 5.82 Å². The second kappa shape index (κ2) is 5.83. The molecule has 5 nitrogen and oxygen atoms in total. The van der Waals surface area contributed by atoms with Gasteiger partial charge in [-0.1, -0.05) is 12.2 Å². The Bertz CT molecular complexity index is 648. The zero-order valence-electron chi connectivity index (χ0n) is 12.4. The van der Waals surface area contributed by atoms with E-state index < -0.39 is 5.41 Å². The number of rotatable bonds is 4. The first-order valence-corrected chi connectivity index (χ1v) is 6.60. The minimum absolute atomic E-state index is 0.127. The van der Waals surface area contributed by atoms with E-state index >= 15 is 0 Å². The van der Waals surface area contributed by atoms with E-state index in [4.69, 9.17) is 0 Å². The van der Waals surface area contributed by atoms with E-state index in [0.29, 0.717) is 5.82 Å². The van der Waals surface area contributed by atoms with Crippen molar-refractivity contribution in [2.24, 2.45) is 5.41 Å². The smallest absolute Gasteiger partial charge is 0.235 e. The number of hydrogen-bond donors (Lipinski definition) is 1. The van der Waals surface area contributed by atoms with Crippen molar-refractivity contribution in [3.05, 3.63) is 49.2 Å². The molecule has 0 aromatic carbocycles. The van der Waals surface area contributed by atoms with Crippen molar-refractivity contribution in [2.75, 3.05) is 5.32 Å². The van der Waals surface area contributed by atoms with Crippen LogP contribution in [-0.2, 0) is 4.79 Å². The summed E-state index contributed by atoms with van der Waals surface area (Å²) in [5, 5.41) is 2.80. The van der Waals surface area contributed by atoms with Gasteiger partial charge in [-0.15, -0.1) is 0 Å². The summed E-state index contributed by atoms with van der Waals surface area (Å²) in [4.78, 5) is 24.4. The lowest BCUT2D eigenvalue weighted by molar-refractivity contribution is -0.122. The number of aromatic nitrogens is 3. The fraction of sp³-hybridized carbons (Fsp3) is 0.250. The van der Waals surface area contributed by atoms with Crippen LogP contribution in [0.25, 0.3) is 11.1 Å². The molecule has 2 aromatic heterocycles. The van der Waals surface area contributed by atoms with Gasteiger partial charge in [0.05, 0.1) is 5.41 Å². The number of anilines is 1. The van der Waals surface area contributed by atoms with Crippen LogP contribution in [0.1, 0.15) is 20.8 Å². The molecule has 0 aliphatic rings. The number of hydrogen-bond acceptors (Lipinski definition) is 4. The normalized spacial score (nSPS) is 11.0. The van der Waals surface area contributed by atoms with E-state index in [1.165, 1.54) is 6.33 Å². The fourth-order valence-corrected chi connectivity index (χ4v) is 1.55. The molecule has 0 saturated carbocycles. The maximum atomic E-state index is 12.2. The Balaban J connectivity index is 2.14. The number of pyridine rings is 1. The fourth-order valence-electron chi connectivity index (χ4n) is 1.55. The summed E-state index contributed by atoms with van der Waals surface area (Å²) in [5.74, 6) is 0.383. The highest BCUT2D eigenvalue weighted by molar-refractivity contribution is 5.96. The van der Waals surface area contributed by atoms with Gasteiger partial charge in [0.2, 0.25) is 5.91 Å². The van der Waals surface area contributed by atoms with Crippen LogP contribution in [0.15, 0.2) is 49.2 Å². The average molecular weight is 282 g/mol. The van der Waals surface area contributed by atoms with Gasteiger partial charge in [0.1, 0.15) is 12.1 Å². The minimum Gasteiger partial charge on any atom is -0.310 e. The molecule has 2 rings (SSSR count). The molecule has 0 bridgehead atoms. The van der Waals surface area contributed by atoms with E-state index in [0.717, 1.165) is 16.7 Å². The molecule has 21 heavy (non-hydrogen) atoms. The average Bonchev–Trinajstić information content (AvgIpc) is 2.48. The first-order valence-electron chi connectivity index (χ1n) is 6.60. The third kappa shape index (κ3) is 3.31. The van der Waals surface area contributed by atoms with Crippen LogP contribution in [-0.4, -0.2) is 20.9 Å². The van der Waals surface area contributed by atoms with Crippen LogP contribution in [0, 0.1) is 5.41 Å². The topological polar surface area (TPSA) is 67.8 Å². The van der Waals surface area contributed by atoms with Crippen molar-refractivity contribution >= 4 is 11.7 Å². The number of carbonyl (C=O) groups is 1. The Morgan fingerprint density at radius 2 is 1.81 bits per heavy atom. The Morgan fingerprint density at radius 3 is 2.33 bits per heavy atom. The van der Waals surface area contributed by atoms with Crippen molar-refractivity contribution in [2.45, 2.75) is 20.8 Å². The molecule has 1 N–H and O–H groups in total. The monoisotopic (exact) mass is 282 g/mol. The van der Waals surface area contributed by atoms with Crippen LogP contribution in [0.5, 0.6) is 0 Å². The van der Waals surface area contributed by atoms with Gasteiger partial charge in [0.15, 0.2) is 0 Å². The van der Waals surface area contributed by atoms with Gasteiger partial charge in [-0.2, -0.15) is 0 Å². The van der Waals surface area contributed by atoms with Crippen molar-refractivity contribution in [3.63, 3.8) is 0 Å². The Hall–Kier alpha value is -2.56. The molecule has 0 radical (unpaired) electrons. The summed E-state index contributed by atoms with van der Waals surface area (Å²) in [6.45, 7) is 9.35. The highest BCUT2D eigenvalue weighted by Crippen LogP contribution is 2.26. The molecule has 0 saturated heterocycles. The zero-order valence-corrected chi connectivity index (χ0v) is 12.4. The van der Waals surface area contributed by atoms with Crippen LogP contribution < -0.4 is 5.32 Å². The van der Waals surface area contributed by atoms with E-state index in [9.17, 15) is 4.79 Å². The third-order valence-electron chi connectivity index (χ3n) is 3.53. The van der Waals surface area contributed by atoms with Gasteiger partial charge in [-0.25, -0.2) is 15.0 Å². The molecule has 0 unspecified atom stereocenters. The minimum atomic E-state index is -0.631. The standard InChI is InChI=1S/C16H18N4O/c1-11(2)16(3,4)15(21)20-14-6-5-12(9-19-14)13-7-17-10-18-8-13/h5-10H,1H2,2-4H3,(H,19,20,21). The van der Waals surface area contributed by atoms with Crippen molar-refractivity contribution in [1.82, 2.24) is 15.0 Å². The van der Waals surface area contributed by atoms with Gasteiger partial charge in [-0.3, -0.25) is 4.79 Å². The maximum absolute atomic E-state index is 12.2. The SMILES string of the molecule is C=C(C)C(C)(C)C(=O)Nc1ccc(-c2cncnc2)cn1. The summed E-state index contributed by atoms with van der Waals surface area (Å²) in [7, 11) is 0. The highest BCUT2D eigenvalue weighted by Gasteiger charge is 2.28. The van der Waals surface area contributed by atoms with Crippen LogP contribution in [0.2, 0.25) is 0 Å². The van der Waals surface area contributed by atoms with E-state index in [1.807, 2.05) is 26.8 Å². The molecule has 2 aromatic rings. The number of amides is 1. The third-order valence-corrected chi connectivity index (χ3v) is 3.53. The maximum Gasteiger partial charge on any atom is 0.235 e. The highest BCUT2D eigenvalue weighted by atomic mass is 16.2. The lowest BCUT2D eigenvalue weighted by Crippen LogP contribution is -2.31. The molecule has 0 atom stereocenters. The van der Waals surface area contributed by atoms with Crippen LogP contribution in [0.3, 0.4) is 0 Å². The summed E-state index contributed by atoms with van der Waals surface area (Å²) in [5.41, 5.74) is 1.95. The molecule has 0 fully saturated rings. The van der Waals surface area contributed by atoms with Crippen molar-refractivity contribution in [1.29, 1.82) is 0 Å². The predicted molar refractivity (Wildman–Crippen MR) is 82.5 cm³/mol. The lowest BCUT2D eigenvalue weighted by Gasteiger charge is -2.23. The first kappa shape index (κ1) is 14.8. The summed E-state index contributed by atoms with van der Waals surface area (Å²) in [6, 6.07) is 3.63. The second-order valence-electron chi connectivity index (χ2n) is 5.42. The number of nitrogens with one attached hydrogen (secondary N) is 1. The quantitative estimate of drug-likeness (QED) is 0.875. The van der Waals surface area contributed by atoms with Crippen LogP contribution >= 0.6 is 0 Å². The second-order valence-corrected chi connectivity index (χ2v) is 5.42. The van der Waals surface area contributed by atoms with E-state index in [1.54, 1.807) is 24.7 Å². The van der Waals surface area contributed by atoms with Gasteiger partial charge in [-0.05, 0) is 32.9 Å².